The van der Waals surface area contributed by atoms with E-state index in [-0.39, 0.29) is 5.54 Å². The standard InChI is InChI=1S/C7H11BN2S/c1-7(2,3)9-4-5-10(8)6(9)11/h4-5H,1-3H3. The highest BCUT2D eigenvalue weighted by molar-refractivity contribution is 7.71. The van der Waals surface area contributed by atoms with E-state index >= 15 is 0 Å². The first-order valence-electron chi connectivity index (χ1n) is 3.48. The molecule has 0 aliphatic rings. The summed E-state index contributed by atoms with van der Waals surface area (Å²) in [6.45, 7) is 6.26. The molecule has 0 aliphatic carbocycles. The molecule has 0 unspecified atom stereocenters. The Kier molecular flexibility index (Phi) is 1.97. The van der Waals surface area contributed by atoms with Crippen molar-refractivity contribution in [1.29, 1.82) is 0 Å². The van der Waals surface area contributed by atoms with Crippen LogP contribution in [0.3, 0.4) is 0 Å². The molecule has 0 saturated heterocycles. The van der Waals surface area contributed by atoms with Crippen molar-refractivity contribution in [2.75, 3.05) is 0 Å². The molecule has 0 atom stereocenters. The van der Waals surface area contributed by atoms with Crippen molar-refractivity contribution in [3.63, 3.8) is 0 Å². The Morgan fingerprint density at radius 1 is 1.36 bits per heavy atom. The van der Waals surface area contributed by atoms with Gasteiger partial charge in [0, 0.05) is 17.9 Å². The second-order valence-electron chi connectivity index (χ2n) is 3.53. The number of hydrogen-bond donors (Lipinski definition) is 0. The molecule has 0 aromatic carbocycles. The summed E-state index contributed by atoms with van der Waals surface area (Å²) in [6.07, 6.45) is 3.65. The van der Waals surface area contributed by atoms with E-state index < -0.39 is 0 Å². The normalized spacial score (nSPS) is 11.9. The molecule has 0 amide bonds. The fraction of sp³-hybridized carbons (Fsp3) is 0.571. The molecule has 2 radical (unpaired) electrons. The van der Waals surface area contributed by atoms with Crippen LogP contribution in [-0.4, -0.2) is 17.0 Å². The van der Waals surface area contributed by atoms with Gasteiger partial charge < -0.3 is 9.05 Å². The van der Waals surface area contributed by atoms with Crippen LogP contribution >= 0.6 is 12.2 Å². The van der Waals surface area contributed by atoms with Crippen molar-refractivity contribution in [1.82, 2.24) is 9.05 Å². The Hall–Kier alpha value is -0.505. The summed E-state index contributed by atoms with van der Waals surface area (Å²) in [5, 5.41) is 0. The van der Waals surface area contributed by atoms with E-state index in [1.807, 2.05) is 10.8 Å². The van der Waals surface area contributed by atoms with E-state index in [1.54, 1.807) is 6.20 Å². The van der Waals surface area contributed by atoms with Crippen LogP contribution in [0.2, 0.25) is 0 Å². The summed E-state index contributed by atoms with van der Waals surface area (Å²) < 4.78 is 4.06. The molecular weight excluding hydrogens is 155 g/mol. The molecule has 1 aromatic rings. The molecule has 0 bridgehead atoms. The van der Waals surface area contributed by atoms with E-state index in [2.05, 4.69) is 20.8 Å². The average Bonchev–Trinajstić information content (AvgIpc) is 2.11. The minimum absolute atomic E-state index is 0.0156. The maximum absolute atomic E-state index is 5.53. The Balaban J connectivity index is 3.27. The predicted molar refractivity (Wildman–Crippen MR) is 49.4 cm³/mol. The van der Waals surface area contributed by atoms with Gasteiger partial charge in [0.05, 0.1) is 0 Å². The quantitative estimate of drug-likeness (QED) is 0.421. The Morgan fingerprint density at radius 2 is 1.91 bits per heavy atom. The Morgan fingerprint density at radius 3 is 2.09 bits per heavy atom. The number of aromatic nitrogens is 2. The molecule has 0 saturated carbocycles. The van der Waals surface area contributed by atoms with Crippen LogP contribution in [0, 0.1) is 4.77 Å². The lowest BCUT2D eigenvalue weighted by molar-refractivity contribution is 0.391. The molecule has 11 heavy (non-hydrogen) atoms. The van der Waals surface area contributed by atoms with E-state index in [4.69, 9.17) is 20.2 Å². The SMILES string of the molecule is [B]n1ccn(C(C)(C)C)c1=S. The van der Waals surface area contributed by atoms with Crippen LogP contribution in [0.15, 0.2) is 12.4 Å². The molecule has 2 nitrogen and oxygen atoms in total. The maximum atomic E-state index is 5.53. The fourth-order valence-electron chi connectivity index (χ4n) is 0.901. The van der Waals surface area contributed by atoms with Gasteiger partial charge in [-0.2, -0.15) is 0 Å². The summed E-state index contributed by atoms with van der Waals surface area (Å²) in [5.41, 5.74) is 0.0156. The van der Waals surface area contributed by atoms with Gasteiger partial charge in [0.2, 0.25) is 7.98 Å². The monoisotopic (exact) mass is 166 g/mol. The zero-order chi connectivity index (χ0) is 8.65. The van der Waals surface area contributed by atoms with Gasteiger partial charge in [-0.1, -0.05) is 0 Å². The summed E-state index contributed by atoms with van der Waals surface area (Å²) in [5.74, 6) is 0. The van der Waals surface area contributed by atoms with Gasteiger partial charge in [-0.15, -0.1) is 0 Å². The summed E-state index contributed by atoms with van der Waals surface area (Å²) in [7, 11) is 5.53. The lowest BCUT2D eigenvalue weighted by Crippen LogP contribution is -2.21. The second kappa shape index (κ2) is 2.52. The highest BCUT2D eigenvalue weighted by Gasteiger charge is 2.12. The Bertz CT molecular complexity index is 305. The molecule has 1 heterocycles. The summed E-state index contributed by atoms with van der Waals surface area (Å²) in [4.78, 5) is 0. The topological polar surface area (TPSA) is 9.86 Å². The van der Waals surface area contributed by atoms with Crippen LogP contribution in [0.5, 0.6) is 0 Å². The zero-order valence-corrected chi connectivity index (χ0v) is 7.85. The maximum Gasteiger partial charge on any atom is 0.237 e. The molecule has 1 aromatic heterocycles. The molecule has 1 rings (SSSR count). The summed E-state index contributed by atoms with van der Waals surface area (Å²) in [6, 6.07) is 0. The van der Waals surface area contributed by atoms with Crippen LogP contribution in [0.4, 0.5) is 0 Å². The smallest absolute Gasteiger partial charge is 0.237 e. The van der Waals surface area contributed by atoms with Crippen LogP contribution in [0.1, 0.15) is 20.8 Å². The van der Waals surface area contributed by atoms with Gasteiger partial charge in [-0.3, -0.25) is 0 Å². The van der Waals surface area contributed by atoms with Gasteiger partial charge in [0.25, 0.3) is 0 Å². The van der Waals surface area contributed by atoms with E-state index in [9.17, 15) is 0 Å². The minimum atomic E-state index is 0.0156. The minimum Gasteiger partial charge on any atom is -0.380 e. The molecular formula is C7H11BN2S. The molecule has 0 fully saturated rings. The first kappa shape index (κ1) is 8.59. The third kappa shape index (κ3) is 1.56. The largest absolute Gasteiger partial charge is 0.380 e. The first-order valence-corrected chi connectivity index (χ1v) is 3.89. The number of rotatable bonds is 0. The van der Waals surface area contributed by atoms with Crippen LogP contribution in [-0.2, 0) is 5.54 Å². The molecule has 0 aliphatic heterocycles. The predicted octanol–water partition coefficient (Wildman–Crippen LogP) is 1.71. The summed E-state index contributed by atoms with van der Waals surface area (Å²) >= 11 is 5.08. The van der Waals surface area contributed by atoms with Gasteiger partial charge in [0.1, 0.15) is 0 Å². The molecule has 0 N–H and O–H groups in total. The van der Waals surface area contributed by atoms with Crippen LogP contribution < -0.4 is 0 Å². The van der Waals surface area contributed by atoms with Crippen LogP contribution in [0.25, 0.3) is 0 Å². The van der Waals surface area contributed by atoms with Gasteiger partial charge >= 0.3 is 0 Å². The Labute approximate surface area is 73.3 Å². The third-order valence-electron chi connectivity index (χ3n) is 1.53. The lowest BCUT2D eigenvalue weighted by Gasteiger charge is -2.20. The average molecular weight is 166 g/mol. The zero-order valence-electron chi connectivity index (χ0n) is 7.03. The van der Waals surface area contributed by atoms with E-state index in [0.717, 1.165) is 0 Å². The van der Waals surface area contributed by atoms with Crippen molar-refractivity contribution in [3.05, 3.63) is 17.2 Å². The number of nitrogens with zero attached hydrogens (tertiary/aromatic N) is 2. The van der Waals surface area contributed by atoms with Gasteiger partial charge in [-0.05, 0) is 33.0 Å². The highest BCUT2D eigenvalue weighted by Crippen LogP contribution is 2.13. The first-order chi connectivity index (χ1) is 4.93. The van der Waals surface area contributed by atoms with Crippen molar-refractivity contribution >= 4 is 20.2 Å². The highest BCUT2D eigenvalue weighted by atomic mass is 32.1. The van der Waals surface area contributed by atoms with Gasteiger partial charge in [-0.25, -0.2) is 0 Å². The van der Waals surface area contributed by atoms with Crippen molar-refractivity contribution in [2.24, 2.45) is 0 Å². The van der Waals surface area contributed by atoms with Crippen molar-refractivity contribution in [3.8, 4) is 0 Å². The van der Waals surface area contributed by atoms with Gasteiger partial charge in [0.15, 0.2) is 4.77 Å². The molecule has 0 spiro atoms. The van der Waals surface area contributed by atoms with Crippen molar-refractivity contribution in [2.45, 2.75) is 26.3 Å². The number of imidazole rings is 1. The van der Waals surface area contributed by atoms with Crippen molar-refractivity contribution < 1.29 is 0 Å². The third-order valence-corrected chi connectivity index (χ3v) is 1.93. The van der Waals surface area contributed by atoms with E-state index in [1.165, 1.54) is 4.48 Å². The fourth-order valence-corrected chi connectivity index (χ4v) is 1.30. The lowest BCUT2D eigenvalue weighted by atomic mass is 10.1. The second-order valence-corrected chi connectivity index (χ2v) is 3.89. The molecule has 4 heteroatoms. The van der Waals surface area contributed by atoms with E-state index in [0.29, 0.717) is 4.77 Å². The molecule has 58 valence electrons. The number of hydrogen-bond acceptors (Lipinski definition) is 1.